The van der Waals surface area contributed by atoms with E-state index in [0.29, 0.717) is 16.7 Å². The van der Waals surface area contributed by atoms with Gasteiger partial charge in [0.1, 0.15) is 5.82 Å². The van der Waals surface area contributed by atoms with Crippen molar-refractivity contribution < 1.29 is 9.50 Å². The standard InChI is InChI=1S/C8H7FN2O/c9-5-1-8-7(10-3-5)2-6(4-12)11-8/h1-3,11-12H,4H2. The van der Waals surface area contributed by atoms with Crippen LogP contribution in [0.15, 0.2) is 18.3 Å². The Hall–Kier alpha value is -1.42. The van der Waals surface area contributed by atoms with Crippen molar-refractivity contribution in [1.29, 1.82) is 0 Å². The second kappa shape index (κ2) is 2.57. The first-order valence-corrected chi connectivity index (χ1v) is 3.53. The number of hydrogen-bond donors (Lipinski definition) is 2. The van der Waals surface area contributed by atoms with Crippen LogP contribution in [0.4, 0.5) is 4.39 Å². The van der Waals surface area contributed by atoms with Crippen molar-refractivity contribution in [3.8, 4) is 0 Å². The van der Waals surface area contributed by atoms with Gasteiger partial charge in [-0.25, -0.2) is 4.39 Å². The van der Waals surface area contributed by atoms with Crippen LogP contribution in [0.2, 0.25) is 0 Å². The molecule has 12 heavy (non-hydrogen) atoms. The number of aromatic amines is 1. The van der Waals surface area contributed by atoms with Gasteiger partial charge >= 0.3 is 0 Å². The number of aliphatic hydroxyl groups is 1. The zero-order valence-corrected chi connectivity index (χ0v) is 6.21. The fourth-order valence-electron chi connectivity index (χ4n) is 1.12. The predicted octanol–water partition coefficient (Wildman–Crippen LogP) is 1.19. The van der Waals surface area contributed by atoms with Crippen molar-refractivity contribution in [3.05, 3.63) is 29.8 Å². The van der Waals surface area contributed by atoms with Crippen molar-refractivity contribution in [2.24, 2.45) is 0 Å². The van der Waals surface area contributed by atoms with Crippen LogP contribution in [0.1, 0.15) is 5.69 Å². The zero-order chi connectivity index (χ0) is 8.55. The SMILES string of the molecule is OCc1cc2ncc(F)cc2[nH]1. The van der Waals surface area contributed by atoms with Crippen LogP contribution < -0.4 is 0 Å². The Bertz CT molecular complexity index is 410. The Labute approximate surface area is 67.9 Å². The third-order valence-electron chi connectivity index (χ3n) is 1.66. The van der Waals surface area contributed by atoms with Crippen LogP contribution in [-0.4, -0.2) is 15.1 Å². The normalized spacial score (nSPS) is 10.8. The van der Waals surface area contributed by atoms with E-state index in [2.05, 4.69) is 9.97 Å². The summed E-state index contributed by atoms with van der Waals surface area (Å²) in [6, 6.07) is 3.04. The lowest BCUT2D eigenvalue weighted by Gasteiger charge is -1.87. The molecule has 2 aromatic rings. The highest BCUT2D eigenvalue weighted by molar-refractivity contribution is 5.75. The van der Waals surface area contributed by atoms with Gasteiger partial charge in [-0.05, 0) is 6.07 Å². The van der Waals surface area contributed by atoms with Gasteiger partial charge in [-0.15, -0.1) is 0 Å². The number of aliphatic hydroxyl groups excluding tert-OH is 1. The fourth-order valence-corrected chi connectivity index (χ4v) is 1.12. The largest absolute Gasteiger partial charge is 0.390 e. The zero-order valence-electron chi connectivity index (χ0n) is 6.21. The Morgan fingerprint density at radius 3 is 3.08 bits per heavy atom. The van der Waals surface area contributed by atoms with E-state index in [1.807, 2.05) is 0 Å². The maximum Gasteiger partial charge on any atom is 0.143 e. The van der Waals surface area contributed by atoms with Crippen LogP contribution in [0, 0.1) is 5.82 Å². The minimum atomic E-state index is -0.381. The number of nitrogens with zero attached hydrogens (tertiary/aromatic N) is 1. The first-order valence-electron chi connectivity index (χ1n) is 3.53. The van der Waals surface area contributed by atoms with Crippen LogP contribution in [0.3, 0.4) is 0 Å². The number of halogens is 1. The van der Waals surface area contributed by atoms with Gasteiger partial charge in [-0.2, -0.15) is 0 Å². The van der Waals surface area contributed by atoms with E-state index >= 15 is 0 Å². The highest BCUT2D eigenvalue weighted by Gasteiger charge is 2.01. The molecule has 0 fully saturated rings. The third-order valence-corrected chi connectivity index (χ3v) is 1.66. The molecule has 2 rings (SSSR count). The number of H-pyrrole nitrogens is 1. The number of nitrogens with one attached hydrogen (secondary N) is 1. The minimum absolute atomic E-state index is 0.0853. The molecule has 0 aliphatic carbocycles. The Morgan fingerprint density at radius 2 is 2.33 bits per heavy atom. The molecule has 0 saturated carbocycles. The van der Waals surface area contributed by atoms with Gasteiger partial charge in [-0.1, -0.05) is 0 Å². The molecule has 2 aromatic heterocycles. The van der Waals surface area contributed by atoms with Crippen molar-refractivity contribution in [1.82, 2.24) is 9.97 Å². The molecule has 2 heterocycles. The third kappa shape index (κ3) is 1.06. The highest BCUT2D eigenvalue weighted by Crippen LogP contribution is 2.13. The molecule has 0 aromatic carbocycles. The van der Waals surface area contributed by atoms with Gasteiger partial charge in [0.15, 0.2) is 0 Å². The number of hydrogen-bond acceptors (Lipinski definition) is 2. The van der Waals surface area contributed by atoms with E-state index in [1.165, 1.54) is 6.07 Å². The molecule has 0 aliphatic heterocycles. The second-order valence-corrected chi connectivity index (χ2v) is 2.54. The molecule has 2 N–H and O–H groups in total. The molecule has 62 valence electrons. The summed E-state index contributed by atoms with van der Waals surface area (Å²) in [5.74, 6) is -0.381. The fraction of sp³-hybridized carbons (Fsp3) is 0.125. The van der Waals surface area contributed by atoms with E-state index < -0.39 is 0 Å². The predicted molar refractivity (Wildman–Crippen MR) is 42.0 cm³/mol. The topological polar surface area (TPSA) is 48.9 Å². The molecule has 0 amide bonds. The second-order valence-electron chi connectivity index (χ2n) is 2.54. The summed E-state index contributed by atoms with van der Waals surface area (Å²) < 4.78 is 12.6. The summed E-state index contributed by atoms with van der Waals surface area (Å²) in [6.45, 7) is -0.0853. The summed E-state index contributed by atoms with van der Waals surface area (Å²) >= 11 is 0. The van der Waals surface area contributed by atoms with E-state index in [4.69, 9.17) is 5.11 Å². The van der Waals surface area contributed by atoms with E-state index in [0.717, 1.165) is 6.20 Å². The lowest BCUT2D eigenvalue weighted by molar-refractivity contribution is 0.278. The summed E-state index contributed by atoms with van der Waals surface area (Å²) in [5, 5.41) is 8.76. The molecular formula is C8H7FN2O. The summed E-state index contributed by atoms with van der Waals surface area (Å²) in [4.78, 5) is 6.67. The van der Waals surface area contributed by atoms with E-state index in [1.54, 1.807) is 6.07 Å². The van der Waals surface area contributed by atoms with Crippen molar-refractivity contribution in [2.75, 3.05) is 0 Å². The molecular weight excluding hydrogens is 159 g/mol. The monoisotopic (exact) mass is 166 g/mol. The van der Waals surface area contributed by atoms with Crippen LogP contribution in [0.5, 0.6) is 0 Å². The molecule has 0 unspecified atom stereocenters. The summed E-state index contributed by atoms with van der Waals surface area (Å²) in [5.41, 5.74) is 1.92. The molecule has 0 spiro atoms. The first kappa shape index (κ1) is 7.24. The maximum absolute atomic E-state index is 12.6. The van der Waals surface area contributed by atoms with Gasteiger partial charge in [0.2, 0.25) is 0 Å². The lowest BCUT2D eigenvalue weighted by Crippen LogP contribution is -1.79. The highest BCUT2D eigenvalue weighted by atomic mass is 19.1. The molecule has 4 heteroatoms. The number of rotatable bonds is 1. The molecule has 0 bridgehead atoms. The van der Waals surface area contributed by atoms with Crippen LogP contribution in [-0.2, 0) is 6.61 Å². The number of aromatic nitrogens is 2. The van der Waals surface area contributed by atoms with Gasteiger partial charge < -0.3 is 10.1 Å². The van der Waals surface area contributed by atoms with Crippen LogP contribution in [0.25, 0.3) is 11.0 Å². The van der Waals surface area contributed by atoms with Crippen molar-refractivity contribution in [3.63, 3.8) is 0 Å². The van der Waals surface area contributed by atoms with Crippen molar-refractivity contribution in [2.45, 2.75) is 6.61 Å². The van der Waals surface area contributed by atoms with Gasteiger partial charge in [-0.3, -0.25) is 4.98 Å². The molecule has 0 aliphatic rings. The quantitative estimate of drug-likeness (QED) is 0.668. The lowest BCUT2D eigenvalue weighted by atomic mass is 10.4. The minimum Gasteiger partial charge on any atom is -0.390 e. The first-order chi connectivity index (χ1) is 5.79. The smallest absolute Gasteiger partial charge is 0.143 e. The number of fused-ring (bicyclic) bond motifs is 1. The van der Waals surface area contributed by atoms with Crippen molar-refractivity contribution >= 4 is 11.0 Å². The van der Waals surface area contributed by atoms with Gasteiger partial charge in [0.05, 0.1) is 23.8 Å². The summed E-state index contributed by atoms with van der Waals surface area (Å²) in [6.07, 6.45) is 1.15. The average molecular weight is 166 g/mol. The summed E-state index contributed by atoms with van der Waals surface area (Å²) in [7, 11) is 0. The Kier molecular flexibility index (Phi) is 1.55. The Balaban J connectivity index is 2.67. The van der Waals surface area contributed by atoms with E-state index in [-0.39, 0.29) is 12.4 Å². The molecule has 0 radical (unpaired) electrons. The van der Waals surface area contributed by atoms with E-state index in [9.17, 15) is 4.39 Å². The molecule has 0 saturated heterocycles. The van der Waals surface area contributed by atoms with Gasteiger partial charge in [0.25, 0.3) is 0 Å². The number of pyridine rings is 1. The Morgan fingerprint density at radius 1 is 1.50 bits per heavy atom. The average Bonchev–Trinajstić information content (AvgIpc) is 2.46. The maximum atomic E-state index is 12.6. The van der Waals surface area contributed by atoms with Crippen LogP contribution >= 0.6 is 0 Å². The molecule has 3 nitrogen and oxygen atoms in total. The van der Waals surface area contributed by atoms with Gasteiger partial charge in [0, 0.05) is 11.8 Å². The molecule has 0 atom stereocenters.